The molecule has 1 fully saturated rings. The van der Waals surface area contributed by atoms with Crippen LogP contribution in [0.3, 0.4) is 0 Å². The molecule has 0 aromatic heterocycles. The summed E-state index contributed by atoms with van der Waals surface area (Å²) in [5.74, 6) is 0.847. The number of benzene rings is 1. The monoisotopic (exact) mass is 260 g/mol. The van der Waals surface area contributed by atoms with E-state index in [0.29, 0.717) is 18.5 Å². The summed E-state index contributed by atoms with van der Waals surface area (Å²) in [4.78, 5) is 13.4. The first kappa shape index (κ1) is 14.1. The molecule has 0 unspecified atom stereocenters. The predicted octanol–water partition coefficient (Wildman–Crippen LogP) is 2.31. The highest BCUT2D eigenvalue weighted by Crippen LogP contribution is 2.38. The van der Waals surface area contributed by atoms with Gasteiger partial charge in [-0.2, -0.15) is 0 Å². The number of nitrogens with one attached hydrogen (secondary N) is 1. The Morgan fingerprint density at radius 1 is 1.37 bits per heavy atom. The van der Waals surface area contributed by atoms with Crippen LogP contribution in [0.4, 0.5) is 0 Å². The van der Waals surface area contributed by atoms with Gasteiger partial charge in [-0.15, -0.1) is 0 Å². The molecule has 104 valence electrons. The molecule has 3 nitrogen and oxygen atoms in total. The molecule has 1 aromatic rings. The van der Waals surface area contributed by atoms with Crippen molar-refractivity contribution in [2.24, 2.45) is 0 Å². The Balaban J connectivity index is 1.75. The zero-order valence-corrected chi connectivity index (χ0v) is 12.1. The number of aryl methyl sites for hydroxylation is 1. The van der Waals surface area contributed by atoms with Gasteiger partial charge < -0.3 is 10.2 Å². The Morgan fingerprint density at radius 3 is 2.68 bits per heavy atom. The summed E-state index contributed by atoms with van der Waals surface area (Å²) in [6.45, 7) is 5.41. The minimum atomic E-state index is 0.182. The third-order valence-electron chi connectivity index (χ3n) is 4.21. The van der Waals surface area contributed by atoms with E-state index >= 15 is 0 Å². The van der Waals surface area contributed by atoms with Crippen LogP contribution in [0, 0.1) is 6.92 Å². The van der Waals surface area contributed by atoms with E-state index in [9.17, 15) is 4.79 Å². The first-order valence-electron chi connectivity index (χ1n) is 7.14. The first-order chi connectivity index (χ1) is 9.11. The van der Waals surface area contributed by atoms with Gasteiger partial charge in [0.25, 0.3) is 0 Å². The van der Waals surface area contributed by atoms with Crippen LogP contribution < -0.4 is 5.32 Å². The fourth-order valence-electron chi connectivity index (χ4n) is 2.63. The van der Waals surface area contributed by atoms with E-state index in [1.807, 2.05) is 14.0 Å². The molecule has 0 aliphatic heterocycles. The molecule has 0 bridgehead atoms. The molecular weight excluding hydrogens is 236 g/mol. The number of amides is 1. The standard InChI is InChI=1S/C16H24N2O/c1-4-18(3)16(19)11-17-14-9-13(10-14)15-8-6-5-7-12(15)2/h5-8,13-14,17H,4,9-11H2,1-3H3. The van der Waals surface area contributed by atoms with Gasteiger partial charge in [0.05, 0.1) is 6.54 Å². The first-order valence-corrected chi connectivity index (χ1v) is 7.14. The van der Waals surface area contributed by atoms with Crippen molar-refractivity contribution in [1.82, 2.24) is 10.2 Å². The fourth-order valence-corrected chi connectivity index (χ4v) is 2.63. The van der Waals surface area contributed by atoms with Crippen molar-refractivity contribution in [2.75, 3.05) is 20.1 Å². The molecule has 0 radical (unpaired) electrons. The predicted molar refractivity (Wildman–Crippen MR) is 78.3 cm³/mol. The van der Waals surface area contributed by atoms with Gasteiger partial charge in [0.15, 0.2) is 0 Å². The van der Waals surface area contributed by atoms with E-state index in [2.05, 4.69) is 36.5 Å². The number of rotatable bonds is 5. The molecule has 1 amide bonds. The van der Waals surface area contributed by atoms with E-state index in [1.165, 1.54) is 11.1 Å². The lowest BCUT2D eigenvalue weighted by molar-refractivity contribution is -0.129. The molecular formula is C16H24N2O. The molecule has 0 saturated heterocycles. The molecule has 3 heteroatoms. The lowest BCUT2D eigenvalue weighted by atomic mass is 9.74. The van der Waals surface area contributed by atoms with Crippen LogP contribution in [-0.2, 0) is 4.79 Å². The summed E-state index contributed by atoms with van der Waals surface area (Å²) in [5, 5.41) is 3.36. The maximum Gasteiger partial charge on any atom is 0.236 e. The number of hydrogen-bond acceptors (Lipinski definition) is 2. The average molecular weight is 260 g/mol. The van der Waals surface area contributed by atoms with Crippen LogP contribution in [0.25, 0.3) is 0 Å². The lowest BCUT2D eigenvalue weighted by Gasteiger charge is -2.37. The van der Waals surface area contributed by atoms with Crippen LogP contribution in [-0.4, -0.2) is 37.0 Å². The largest absolute Gasteiger partial charge is 0.345 e. The van der Waals surface area contributed by atoms with E-state index in [4.69, 9.17) is 0 Å². The fraction of sp³-hybridized carbons (Fsp3) is 0.562. The zero-order chi connectivity index (χ0) is 13.8. The Bertz CT molecular complexity index is 438. The maximum absolute atomic E-state index is 11.7. The van der Waals surface area contributed by atoms with Crippen molar-refractivity contribution in [3.05, 3.63) is 35.4 Å². The van der Waals surface area contributed by atoms with Gasteiger partial charge in [-0.05, 0) is 43.7 Å². The number of carbonyl (C=O) groups is 1. The number of likely N-dealkylation sites (N-methyl/N-ethyl adjacent to an activating group) is 1. The highest BCUT2D eigenvalue weighted by molar-refractivity contribution is 5.77. The Kier molecular flexibility index (Phi) is 4.59. The highest BCUT2D eigenvalue weighted by atomic mass is 16.2. The summed E-state index contributed by atoms with van der Waals surface area (Å²) in [6.07, 6.45) is 2.29. The molecule has 19 heavy (non-hydrogen) atoms. The molecule has 1 aliphatic carbocycles. The van der Waals surface area contributed by atoms with Crippen LogP contribution >= 0.6 is 0 Å². The van der Waals surface area contributed by atoms with Gasteiger partial charge in [-0.3, -0.25) is 4.79 Å². The minimum Gasteiger partial charge on any atom is -0.345 e. The molecule has 0 heterocycles. The van der Waals surface area contributed by atoms with Crippen molar-refractivity contribution in [2.45, 2.75) is 38.6 Å². The normalized spacial score (nSPS) is 21.8. The lowest BCUT2D eigenvalue weighted by Crippen LogP contribution is -2.45. The Labute approximate surface area is 116 Å². The summed E-state index contributed by atoms with van der Waals surface area (Å²) >= 11 is 0. The second-order valence-electron chi connectivity index (χ2n) is 5.51. The molecule has 0 spiro atoms. The molecule has 1 aromatic carbocycles. The quantitative estimate of drug-likeness (QED) is 0.881. The topological polar surface area (TPSA) is 32.3 Å². The van der Waals surface area contributed by atoms with E-state index in [-0.39, 0.29) is 5.91 Å². The molecule has 1 saturated carbocycles. The molecule has 1 aliphatic rings. The SMILES string of the molecule is CCN(C)C(=O)CNC1CC(c2ccccc2C)C1. The van der Waals surface area contributed by atoms with Crippen LogP contribution in [0.2, 0.25) is 0 Å². The van der Waals surface area contributed by atoms with Gasteiger partial charge >= 0.3 is 0 Å². The number of nitrogens with zero attached hydrogens (tertiary/aromatic N) is 1. The van der Waals surface area contributed by atoms with Gasteiger partial charge in [-0.25, -0.2) is 0 Å². The van der Waals surface area contributed by atoms with E-state index in [1.54, 1.807) is 4.90 Å². The zero-order valence-electron chi connectivity index (χ0n) is 12.1. The van der Waals surface area contributed by atoms with Gasteiger partial charge in [0, 0.05) is 19.6 Å². The Morgan fingerprint density at radius 2 is 2.05 bits per heavy atom. The molecule has 2 rings (SSSR count). The van der Waals surface area contributed by atoms with Gasteiger partial charge in [-0.1, -0.05) is 24.3 Å². The summed E-state index contributed by atoms with van der Waals surface area (Å²) in [6, 6.07) is 9.11. The van der Waals surface area contributed by atoms with Gasteiger partial charge in [0.2, 0.25) is 5.91 Å². The van der Waals surface area contributed by atoms with Gasteiger partial charge in [0.1, 0.15) is 0 Å². The smallest absolute Gasteiger partial charge is 0.236 e. The van der Waals surface area contributed by atoms with Crippen LogP contribution in [0.5, 0.6) is 0 Å². The third kappa shape index (κ3) is 3.35. The maximum atomic E-state index is 11.7. The molecule has 1 N–H and O–H groups in total. The summed E-state index contributed by atoms with van der Waals surface area (Å²) in [5.41, 5.74) is 2.85. The number of carbonyl (C=O) groups excluding carboxylic acids is 1. The Hall–Kier alpha value is -1.35. The van der Waals surface area contributed by atoms with Crippen molar-refractivity contribution >= 4 is 5.91 Å². The second-order valence-corrected chi connectivity index (χ2v) is 5.51. The van der Waals surface area contributed by atoms with Crippen molar-refractivity contribution in [3.63, 3.8) is 0 Å². The van der Waals surface area contributed by atoms with Crippen molar-refractivity contribution in [1.29, 1.82) is 0 Å². The minimum absolute atomic E-state index is 0.182. The number of hydrogen-bond donors (Lipinski definition) is 1. The van der Waals surface area contributed by atoms with E-state index < -0.39 is 0 Å². The van der Waals surface area contributed by atoms with Crippen LogP contribution in [0.15, 0.2) is 24.3 Å². The second kappa shape index (κ2) is 6.20. The summed E-state index contributed by atoms with van der Waals surface area (Å²) in [7, 11) is 1.85. The third-order valence-corrected chi connectivity index (χ3v) is 4.21. The summed E-state index contributed by atoms with van der Waals surface area (Å²) < 4.78 is 0. The van der Waals surface area contributed by atoms with E-state index in [0.717, 1.165) is 19.4 Å². The van der Waals surface area contributed by atoms with Crippen LogP contribution in [0.1, 0.15) is 36.8 Å². The average Bonchev–Trinajstić information content (AvgIpc) is 2.37. The van der Waals surface area contributed by atoms with Crippen molar-refractivity contribution in [3.8, 4) is 0 Å². The highest BCUT2D eigenvalue weighted by Gasteiger charge is 2.30. The molecule has 0 atom stereocenters. The van der Waals surface area contributed by atoms with Crippen molar-refractivity contribution < 1.29 is 4.79 Å².